The number of rotatable bonds is 2. The number of fused-ring (bicyclic) bond motifs is 7. The van der Waals surface area contributed by atoms with Crippen LogP contribution in [0.2, 0.25) is 0 Å². The van der Waals surface area contributed by atoms with Crippen molar-refractivity contribution in [2.45, 2.75) is 106 Å². The lowest BCUT2D eigenvalue weighted by molar-refractivity contribution is -0.192. The van der Waals surface area contributed by atoms with Crippen LogP contribution in [0.5, 0.6) is 0 Å². The van der Waals surface area contributed by atoms with Crippen molar-refractivity contribution in [3.05, 3.63) is 53.1 Å². The highest BCUT2D eigenvalue weighted by Gasteiger charge is 2.68. The summed E-state index contributed by atoms with van der Waals surface area (Å²) in [5.41, 5.74) is 4.66. The first-order chi connectivity index (χ1) is 18.3. The lowest BCUT2D eigenvalue weighted by atomic mass is 9.33. The summed E-state index contributed by atoms with van der Waals surface area (Å²) in [4.78, 5) is 0. The molecule has 214 valence electrons. The molecule has 39 heavy (non-hydrogen) atoms. The van der Waals surface area contributed by atoms with Gasteiger partial charge in [0.1, 0.15) is 0 Å². The molecule has 2 nitrogen and oxygen atoms in total. The van der Waals surface area contributed by atoms with Crippen molar-refractivity contribution in [1.29, 1.82) is 0 Å². The van der Waals surface area contributed by atoms with E-state index in [2.05, 4.69) is 91.0 Å². The van der Waals surface area contributed by atoms with Gasteiger partial charge in [-0.2, -0.15) is 0 Å². The minimum Gasteiger partial charge on any atom is -0.396 e. The smallest absolute Gasteiger partial charge is 0.0807 e. The largest absolute Gasteiger partial charge is 0.396 e. The normalized spacial score (nSPS) is 49.8. The number of hydrogen-bond donors (Lipinski definition) is 2. The van der Waals surface area contributed by atoms with Crippen LogP contribution in [0, 0.1) is 56.7 Å². The third kappa shape index (κ3) is 3.65. The Morgan fingerprint density at radius 3 is 2.31 bits per heavy atom. The summed E-state index contributed by atoms with van der Waals surface area (Å²) < 4.78 is 0. The van der Waals surface area contributed by atoms with Crippen molar-refractivity contribution < 1.29 is 10.2 Å². The highest BCUT2D eigenvalue weighted by atomic mass is 16.3. The molecule has 0 bridgehead atoms. The lowest BCUT2D eigenvalue weighted by Gasteiger charge is -2.71. The average Bonchev–Trinajstić information content (AvgIpc) is 2.90. The average molecular weight is 531 g/mol. The predicted molar refractivity (Wildman–Crippen MR) is 162 cm³/mol. The van der Waals surface area contributed by atoms with E-state index in [1.54, 1.807) is 5.57 Å². The second-order valence-corrected chi connectivity index (χ2v) is 16.2. The first kappa shape index (κ1) is 27.8. The molecule has 2 heteroatoms. The van der Waals surface area contributed by atoms with E-state index in [1.165, 1.54) is 49.7 Å². The first-order valence-corrected chi connectivity index (χ1v) is 16.1. The van der Waals surface area contributed by atoms with Crippen molar-refractivity contribution >= 4 is 6.08 Å². The summed E-state index contributed by atoms with van der Waals surface area (Å²) in [5, 5.41) is 22.6. The van der Waals surface area contributed by atoms with Gasteiger partial charge < -0.3 is 10.2 Å². The van der Waals surface area contributed by atoms with Gasteiger partial charge in [-0.3, -0.25) is 0 Å². The zero-order valence-corrected chi connectivity index (χ0v) is 25.8. The lowest BCUT2D eigenvalue weighted by Crippen LogP contribution is -2.65. The Kier molecular flexibility index (Phi) is 6.45. The minimum absolute atomic E-state index is 0.0874. The van der Waals surface area contributed by atoms with Gasteiger partial charge in [0, 0.05) is 12.0 Å². The molecular formula is C37H54O2. The Morgan fingerprint density at radius 2 is 1.62 bits per heavy atom. The molecular weight excluding hydrogens is 476 g/mol. The predicted octanol–water partition coefficient (Wildman–Crippen LogP) is 8.69. The molecule has 0 aromatic heterocycles. The summed E-state index contributed by atoms with van der Waals surface area (Å²) in [6.45, 7) is 17.9. The summed E-state index contributed by atoms with van der Waals surface area (Å²) in [5.74, 6) is 2.99. The van der Waals surface area contributed by atoms with Crippen LogP contribution in [0.15, 0.2) is 47.6 Å². The van der Waals surface area contributed by atoms with Gasteiger partial charge >= 0.3 is 0 Å². The molecule has 0 heterocycles. The van der Waals surface area contributed by atoms with E-state index in [-0.39, 0.29) is 27.1 Å². The summed E-state index contributed by atoms with van der Waals surface area (Å²) in [7, 11) is 0. The van der Waals surface area contributed by atoms with Crippen LogP contribution in [0.1, 0.15) is 105 Å². The number of hydrogen-bond acceptors (Lipinski definition) is 2. The monoisotopic (exact) mass is 530 g/mol. The van der Waals surface area contributed by atoms with Crippen LogP contribution in [0.3, 0.4) is 0 Å². The molecule has 0 radical (unpaired) electrons. The highest BCUT2D eigenvalue weighted by molar-refractivity contribution is 5.55. The van der Waals surface area contributed by atoms with Crippen LogP contribution < -0.4 is 0 Å². The fraction of sp³-hybridized carbons (Fsp3) is 0.730. The SMILES string of the molecule is C[C@H]1[C@H]2C3=CC[C@@H]4[C@@]5(C)C/C(=C\c6ccccc6)[C@H](O)C(C)(C)[C@@H]5CC[C@@]4(C)[C@]3(C)CC[C@@]2(CO)CC[C@@H]1C. The van der Waals surface area contributed by atoms with E-state index in [4.69, 9.17) is 0 Å². The van der Waals surface area contributed by atoms with E-state index in [9.17, 15) is 10.2 Å². The van der Waals surface area contributed by atoms with Gasteiger partial charge in [0.2, 0.25) is 0 Å². The third-order valence-corrected chi connectivity index (χ3v) is 14.4. The van der Waals surface area contributed by atoms with Crippen molar-refractivity contribution in [1.82, 2.24) is 0 Å². The van der Waals surface area contributed by atoms with Gasteiger partial charge in [0.05, 0.1) is 6.10 Å². The molecule has 2 N–H and O–H groups in total. The Labute approximate surface area is 238 Å². The third-order valence-electron chi connectivity index (χ3n) is 14.4. The van der Waals surface area contributed by atoms with E-state index in [0.717, 1.165) is 18.8 Å². The Hall–Kier alpha value is -1.38. The highest BCUT2D eigenvalue weighted by Crippen LogP contribution is 2.76. The van der Waals surface area contributed by atoms with Crippen LogP contribution in [0.25, 0.3) is 6.08 Å². The molecule has 0 saturated heterocycles. The minimum atomic E-state index is -0.394. The number of aliphatic hydroxyl groups excluding tert-OH is 2. The summed E-state index contributed by atoms with van der Waals surface area (Å²) in [6, 6.07) is 10.6. The second-order valence-electron chi connectivity index (χ2n) is 16.2. The molecule has 5 aliphatic carbocycles. The molecule has 0 spiro atoms. The van der Waals surface area contributed by atoms with E-state index >= 15 is 0 Å². The van der Waals surface area contributed by atoms with Crippen LogP contribution in [-0.4, -0.2) is 22.9 Å². The molecule has 5 aliphatic rings. The molecule has 1 aromatic carbocycles. The van der Waals surface area contributed by atoms with Crippen molar-refractivity contribution in [3.8, 4) is 0 Å². The summed E-state index contributed by atoms with van der Waals surface area (Å²) in [6.07, 6.45) is 14.0. The molecule has 6 rings (SSSR count). The summed E-state index contributed by atoms with van der Waals surface area (Å²) >= 11 is 0. The van der Waals surface area contributed by atoms with Gasteiger partial charge in [0.15, 0.2) is 0 Å². The van der Waals surface area contributed by atoms with Gasteiger partial charge in [-0.15, -0.1) is 0 Å². The maximum atomic E-state index is 11.7. The van der Waals surface area contributed by atoms with Crippen LogP contribution in [-0.2, 0) is 0 Å². The van der Waals surface area contributed by atoms with E-state index in [0.29, 0.717) is 30.3 Å². The molecule has 0 unspecified atom stereocenters. The number of benzene rings is 1. The standard InChI is InChI=1S/C37H54O2/c1-24-15-18-37(23-38)20-19-35(6)28(31(37)25(24)2)13-14-30-34(5)22-27(21-26-11-9-8-10-12-26)32(39)33(3,4)29(34)16-17-36(30,35)7/h8-13,21,24-25,29-32,38-39H,14-20,22-23H2,1-7H3/b27-21+/t24-,25+,29-,30+,31-,32-,34-,35+,36+,37+/m0/s1. The Bertz CT molecular complexity index is 1160. The maximum Gasteiger partial charge on any atom is 0.0807 e. The molecule has 10 atom stereocenters. The second kappa shape index (κ2) is 9.06. The van der Waals surface area contributed by atoms with Gasteiger partial charge in [-0.05, 0) is 114 Å². The fourth-order valence-corrected chi connectivity index (χ4v) is 11.8. The van der Waals surface area contributed by atoms with Gasteiger partial charge in [-0.25, -0.2) is 0 Å². The molecule has 1 aromatic rings. The van der Waals surface area contributed by atoms with Crippen molar-refractivity contribution in [3.63, 3.8) is 0 Å². The Morgan fingerprint density at radius 1 is 0.897 bits per heavy atom. The zero-order chi connectivity index (χ0) is 28.0. The van der Waals surface area contributed by atoms with Gasteiger partial charge in [0.25, 0.3) is 0 Å². The van der Waals surface area contributed by atoms with E-state index in [1.807, 2.05) is 0 Å². The Balaban J connectivity index is 1.44. The van der Waals surface area contributed by atoms with Crippen molar-refractivity contribution in [2.24, 2.45) is 56.7 Å². The number of aliphatic hydroxyl groups is 2. The number of allylic oxidation sites excluding steroid dienone is 2. The molecule has 0 amide bonds. The fourth-order valence-electron chi connectivity index (χ4n) is 11.8. The quantitative estimate of drug-likeness (QED) is 0.375. The topological polar surface area (TPSA) is 40.5 Å². The molecule has 0 aliphatic heterocycles. The first-order valence-electron chi connectivity index (χ1n) is 16.1. The van der Waals surface area contributed by atoms with Crippen LogP contribution >= 0.6 is 0 Å². The molecule has 4 saturated carbocycles. The van der Waals surface area contributed by atoms with Crippen LogP contribution in [0.4, 0.5) is 0 Å². The van der Waals surface area contributed by atoms with E-state index < -0.39 is 6.10 Å². The zero-order valence-electron chi connectivity index (χ0n) is 25.8. The molecule has 4 fully saturated rings. The maximum absolute atomic E-state index is 11.7. The van der Waals surface area contributed by atoms with Crippen molar-refractivity contribution in [2.75, 3.05) is 6.61 Å². The van der Waals surface area contributed by atoms with Gasteiger partial charge in [-0.1, -0.05) is 96.5 Å².